The van der Waals surface area contributed by atoms with Crippen molar-refractivity contribution in [1.82, 2.24) is 9.88 Å². The Labute approximate surface area is 148 Å². The van der Waals surface area contributed by atoms with Gasteiger partial charge < -0.3 is 14.4 Å². The third kappa shape index (κ3) is 4.07. The van der Waals surface area contributed by atoms with E-state index in [0.717, 1.165) is 11.6 Å². The standard InChI is InChI=1S/C18H17F3N2O3/c1-25-13-6-4-12(5-7-13)9-16(24)23-10-14(11-23)26-17-15(18(19,20)21)3-2-8-22-17/h2-8,14H,9-11H2,1H3. The summed E-state index contributed by atoms with van der Waals surface area (Å²) in [6, 6.07) is 9.27. The normalized spacial score (nSPS) is 14.7. The largest absolute Gasteiger partial charge is 0.497 e. The van der Waals surface area contributed by atoms with Crippen LogP contribution in [0.5, 0.6) is 11.6 Å². The number of ether oxygens (including phenoxy) is 2. The molecule has 0 aliphatic carbocycles. The lowest BCUT2D eigenvalue weighted by Gasteiger charge is -2.39. The van der Waals surface area contributed by atoms with Gasteiger partial charge in [0.2, 0.25) is 11.8 Å². The smallest absolute Gasteiger partial charge is 0.421 e. The minimum absolute atomic E-state index is 0.105. The molecule has 2 heterocycles. The van der Waals surface area contributed by atoms with Crippen LogP contribution in [0, 0.1) is 0 Å². The molecule has 5 nitrogen and oxygen atoms in total. The van der Waals surface area contributed by atoms with Crippen LogP contribution in [0.1, 0.15) is 11.1 Å². The quantitative estimate of drug-likeness (QED) is 0.817. The number of likely N-dealkylation sites (tertiary alicyclic amines) is 1. The monoisotopic (exact) mass is 366 g/mol. The van der Waals surface area contributed by atoms with Gasteiger partial charge in [0.05, 0.1) is 26.6 Å². The van der Waals surface area contributed by atoms with Crippen LogP contribution in [0.3, 0.4) is 0 Å². The Morgan fingerprint density at radius 3 is 2.54 bits per heavy atom. The maximum atomic E-state index is 12.9. The Bertz CT molecular complexity index is 772. The van der Waals surface area contributed by atoms with E-state index in [-0.39, 0.29) is 25.4 Å². The summed E-state index contributed by atoms with van der Waals surface area (Å²) >= 11 is 0. The van der Waals surface area contributed by atoms with Gasteiger partial charge in [-0.1, -0.05) is 12.1 Å². The summed E-state index contributed by atoms with van der Waals surface area (Å²) in [5.74, 6) is 0.147. The van der Waals surface area contributed by atoms with Crippen molar-refractivity contribution in [3.63, 3.8) is 0 Å². The zero-order valence-electron chi connectivity index (χ0n) is 14.0. The molecule has 1 aromatic carbocycles. The highest BCUT2D eigenvalue weighted by atomic mass is 19.4. The Hall–Kier alpha value is -2.77. The topological polar surface area (TPSA) is 51.7 Å². The number of hydrogen-bond donors (Lipinski definition) is 0. The molecule has 0 radical (unpaired) electrons. The highest BCUT2D eigenvalue weighted by Crippen LogP contribution is 2.35. The molecular formula is C18H17F3N2O3. The minimum atomic E-state index is -4.53. The molecule has 2 aromatic rings. The molecule has 0 unspecified atom stereocenters. The Morgan fingerprint density at radius 1 is 1.23 bits per heavy atom. The van der Waals surface area contributed by atoms with Crippen LogP contribution in [-0.4, -0.2) is 42.1 Å². The molecule has 1 saturated heterocycles. The van der Waals surface area contributed by atoms with E-state index in [0.29, 0.717) is 5.75 Å². The van der Waals surface area contributed by atoms with Crippen LogP contribution in [0.25, 0.3) is 0 Å². The van der Waals surface area contributed by atoms with Gasteiger partial charge in [-0.3, -0.25) is 4.79 Å². The van der Waals surface area contributed by atoms with Crippen LogP contribution in [0.2, 0.25) is 0 Å². The maximum Gasteiger partial charge on any atom is 0.421 e. The first kappa shape index (κ1) is 18.0. The van der Waals surface area contributed by atoms with Crippen LogP contribution in [0.15, 0.2) is 42.6 Å². The second-order valence-corrected chi connectivity index (χ2v) is 5.92. The first-order valence-electron chi connectivity index (χ1n) is 7.96. The molecule has 0 spiro atoms. The van der Waals surface area contributed by atoms with Gasteiger partial charge in [0, 0.05) is 6.20 Å². The molecule has 8 heteroatoms. The number of aromatic nitrogens is 1. The lowest BCUT2D eigenvalue weighted by molar-refractivity contribution is -0.144. The number of alkyl halides is 3. The number of pyridine rings is 1. The Balaban J connectivity index is 1.53. The van der Waals surface area contributed by atoms with Crippen molar-refractivity contribution in [2.24, 2.45) is 0 Å². The Morgan fingerprint density at radius 2 is 1.92 bits per heavy atom. The third-order valence-corrected chi connectivity index (χ3v) is 4.07. The molecule has 1 fully saturated rings. The van der Waals surface area contributed by atoms with Crippen molar-refractivity contribution in [2.45, 2.75) is 18.7 Å². The van der Waals surface area contributed by atoms with E-state index in [1.165, 1.54) is 12.3 Å². The fraction of sp³-hybridized carbons (Fsp3) is 0.333. The van der Waals surface area contributed by atoms with Crippen LogP contribution in [-0.2, 0) is 17.4 Å². The van der Waals surface area contributed by atoms with Crippen molar-refractivity contribution in [3.05, 3.63) is 53.7 Å². The van der Waals surface area contributed by atoms with E-state index in [1.54, 1.807) is 36.3 Å². The second kappa shape index (κ2) is 7.23. The SMILES string of the molecule is COc1ccc(CC(=O)N2CC(Oc3ncccc3C(F)(F)F)C2)cc1. The summed E-state index contributed by atoms with van der Waals surface area (Å²) in [5.41, 5.74) is -0.0766. The molecule has 0 saturated carbocycles. The van der Waals surface area contributed by atoms with Gasteiger partial charge in [-0.15, -0.1) is 0 Å². The maximum absolute atomic E-state index is 12.9. The molecule has 0 atom stereocenters. The number of benzene rings is 1. The summed E-state index contributed by atoms with van der Waals surface area (Å²) in [4.78, 5) is 17.4. The molecule has 1 aliphatic rings. The predicted octanol–water partition coefficient (Wildman–Crippen LogP) is 2.94. The molecule has 3 rings (SSSR count). The Kier molecular flexibility index (Phi) is 5.01. The minimum Gasteiger partial charge on any atom is -0.497 e. The van der Waals surface area contributed by atoms with Gasteiger partial charge in [0.15, 0.2) is 0 Å². The van der Waals surface area contributed by atoms with Crippen molar-refractivity contribution >= 4 is 5.91 Å². The molecule has 138 valence electrons. The van der Waals surface area contributed by atoms with Gasteiger partial charge in [0.25, 0.3) is 0 Å². The van der Waals surface area contributed by atoms with E-state index in [9.17, 15) is 18.0 Å². The lowest BCUT2D eigenvalue weighted by Crippen LogP contribution is -2.56. The van der Waals surface area contributed by atoms with Crippen molar-refractivity contribution in [3.8, 4) is 11.6 Å². The summed E-state index contributed by atoms with van der Waals surface area (Å²) in [5, 5.41) is 0. The lowest BCUT2D eigenvalue weighted by atomic mass is 10.1. The molecule has 0 N–H and O–H groups in total. The van der Waals surface area contributed by atoms with E-state index in [2.05, 4.69) is 4.98 Å². The van der Waals surface area contributed by atoms with E-state index in [1.807, 2.05) is 0 Å². The fourth-order valence-corrected chi connectivity index (χ4v) is 2.60. The van der Waals surface area contributed by atoms with E-state index in [4.69, 9.17) is 9.47 Å². The first-order chi connectivity index (χ1) is 12.4. The van der Waals surface area contributed by atoms with Gasteiger partial charge in [-0.2, -0.15) is 13.2 Å². The van der Waals surface area contributed by atoms with Crippen molar-refractivity contribution < 1.29 is 27.4 Å². The molecule has 1 amide bonds. The summed E-state index contributed by atoms with van der Waals surface area (Å²) < 4.78 is 49.2. The number of nitrogens with zero attached hydrogens (tertiary/aromatic N) is 2. The van der Waals surface area contributed by atoms with Crippen molar-refractivity contribution in [1.29, 1.82) is 0 Å². The fourth-order valence-electron chi connectivity index (χ4n) is 2.60. The average Bonchev–Trinajstić information content (AvgIpc) is 2.57. The number of hydrogen-bond acceptors (Lipinski definition) is 4. The number of rotatable bonds is 5. The molecular weight excluding hydrogens is 349 g/mol. The van der Waals surface area contributed by atoms with E-state index < -0.39 is 23.7 Å². The zero-order chi connectivity index (χ0) is 18.7. The highest BCUT2D eigenvalue weighted by molar-refractivity contribution is 5.79. The molecule has 1 aliphatic heterocycles. The number of amides is 1. The third-order valence-electron chi connectivity index (χ3n) is 4.07. The molecule has 26 heavy (non-hydrogen) atoms. The highest BCUT2D eigenvalue weighted by Gasteiger charge is 2.38. The summed E-state index contributed by atoms with van der Waals surface area (Å²) in [7, 11) is 1.56. The average molecular weight is 366 g/mol. The molecule has 1 aromatic heterocycles. The number of carbonyl (C=O) groups is 1. The zero-order valence-corrected chi connectivity index (χ0v) is 14.0. The molecule has 0 bridgehead atoms. The van der Waals surface area contributed by atoms with Crippen LogP contribution in [0.4, 0.5) is 13.2 Å². The predicted molar refractivity (Wildman–Crippen MR) is 86.9 cm³/mol. The first-order valence-corrected chi connectivity index (χ1v) is 7.96. The van der Waals surface area contributed by atoms with Crippen molar-refractivity contribution in [2.75, 3.05) is 20.2 Å². The van der Waals surface area contributed by atoms with E-state index >= 15 is 0 Å². The van der Waals surface area contributed by atoms with Gasteiger partial charge in [0.1, 0.15) is 17.4 Å². The van der Waals surface area contributed by atoms with Crippen LogP contribution >= 0.6 is 0 Å². The van der Waals surface area contributed by atoms with Crippen LogP contribution < -0.4 is 9.47 Å². The van der Waals surface area contributed by atoms with Gasteiger partial charge >= 0.3 is 6.18 Å². The summed E-state index contributed by atoms with van der Waals surface area (Å²) in [6.07, 6.45) is -3.56. The van der Waals surface area contributed by atoms with Gasteiger partial charge in [-0.25, -0.2) is 4.98 Å². The number of halogens is 3. The number of methoxy groups -OCH3 is 1. The van der Waals surface area contributed by atoms with Gasteiger partial charge in [-0.05, 0) is 29.8 Å². The summed E-state index contributed by atoms with van der Waals surface area (Å²) in [6.45, 7) is 0.478. The number of carbonyl (C=O) groups excluding carboxylic acids is 1. The second-order valence-electron chi connectivity index (χ2n) is 5.92.